The summed E-state index contributed by atoms with van der Waals surface area (Å²) in [6.45, 7) is 6.91. The molecule has 0 spiro atoms. The van der Waals surface area contributed by atoms with Crippen LogP contribution in [0.3, 0.4) is 0 Å². The first-order valence-electron chi connectivity index (χ1n) is 9.64. The summed E-state index contributed by atoms with van der Waals surface area (Å²) in [4.78, 5) is 4.38. The molecule has 0 amide bonds. The van der Waals surface area contributed by atoms with E-state index in [2.05, 4.69) is 20.8 Å². The van der Waals surface area contributed by atoms with E-state index in [1.165, 1.54) is 12.1 Å². The van der Waals surface area contributed by atoms with Gasteiger partial charge in [-0.15, -0.1) is 24.0 Å². The molecule has 174 valence electrons. The van der Waals surface area contributed by atoms with Crippen molar-refractivity contribution >= 4 is 29.9 Å². The molecular weight excluding hydrogens is 528 g/mol. The first-order valence-corrected chi connectivity index (χ1v) is 9.64. The fourth-order valence-electron chi connectivity index (χ4n) is 2.38. The summed E-state index contributed by atoms with van der Waals surface area (Å²) < 4.78 is 48.3. The standard InChI is InChI=1S/C20H27F3N4O3.HI/c1-4-24-19(26-11-17-9-18(13(2)3)27-30-17)25-10-15(28)12-29-16-7-5-14(6-8-16)20(21,22)23;/h5-9,13,15,28H,4,10-12H2,1-3H3,(H2,24,25,26);1H. The number of guanidine groups is 1. The SMILES string of the molecule is CCNC(=NCc1cc(C(C)C)no1)NCC(O)COc1ccc(C(F)(F)F)cc1.I. The molecule has 1 heterocycles. The molecule has 3 N–H and O–H groups in total. The van der Waals surface area contributed by atoms with Crippen molar-refractivity contribution in [2.75, 3.05) is 19.7 Å². The predicted octanol–water partition coefficient (Wildman–Crippen LogP) is 3.93. The van der Waals surface area contributed by atoms with Crippen LogP contribution < -0.4 is 15.4 Å². The number of nitrogens with zero attached hydrogens (tertiary/aromatic N) is 2. The number of hydrogen-bond donors (Lipinski definition) is 3. The third kappa shape index (κ3) is 9.33. The Morgan fingerprint density at radius 1 is 1.23 bits per heavy atom. The lowest BCUT2D eigenvalue weighted by Gasteiger charge is -2.16. The molecule has 0 fully saturated rings. The average Bonchev–Trinajstić information content (AvgIpc) is 3.17. The van der Waals surface area contributed by atoms with Gasteiger partial charge in [0.05, 0.1) is 11.3 Å². The minimum absolute atomic E-state index is 0. The van der Waals surface area contributed by atoms with E-state index in [4.69, 9.17) is 9.26 Å². The van der Waals surface area contributed by atoms with Gasteiger partial charge in [-0.05, 0) is 37.1 Å². The molecule has 0 saturated heterocycles. The molecule has 0 aliphatic carbocycles. The van der Waals surface area contributed by atoms with E-state index >= 15 is 0 Å². The highest BCUT2D eigenvalue weighted by atomic mass is 127. The predicted molar refractivity (Wildman–Crippen MR) is 122 cm³/mol. The van der Waals surface area contributed by atoms with Gasteiger partial charge < -0.3 is 25.0 Å². The van der Waals surface area contributed by atoms with E-state index < -0.39 is 17.8 Å². The number of aliphatic imine (C=N–C) groups is 1. The van der Waals surface area contributed by atoms with Crippen molar-refractivity contribution in [3.63, 3.8) is 0 Å². The zero-order chi connectivity index (χ0) is 22.1. The molecule has 7 nitrogen and oxygen atoms in total. The Labute approximate surface area is 196 Å². The fourth-order valence-corrected chi connectivity index (χ4v) is 2.38. The van der Waals surface area contributed by atoms with Gasteiger partial charge in [-0.25, -0.2) is 4.99 Å². The summed E-state index contributed by atoms with van der Waals surface area (Å²) in [5.41, 5.74) is 0.102. The molecule has 0 saturated carbocycles. The number of hydrogen-bond acceptors (Lipinski definition) is 5. The van der Waals surface area contributed by atoms with Crippen molar-refractivity contribution in [1.29, 1.82) is 0 Å². The highest BCUT2D eigenvalue weighted by Crippen LogP contribution is 2.30. The fraction of sp³-hybridized carbons (Fsp3) is 0.500. The first kappa shape index (κ1) is 27.0. The van der Waals surface area contributed by atoms with Crippen LogP contribution in [0.1, 0.15) is 43.7 Å². The molecular formula is C20H28F3IN4O3. The Balaban J connectivity index is 0.00000480. The van der Waals surface area contributed by atoms with Gasteiger partial charge in [-0.3, -0.25) is 0 Å². The second-order valence-corrected chi connectivity index (χ2v) is 6.94. The van der Waals surface area contributed by atoms with E-state index in [1.807, 2.05) is 26.8 Å². The van der Waals surface area contributed by atoms with Gasteiger partial charge in [0.2, 0.25) is 0 Å². The maximum atomic E-state index is 12.6. The maximum absolute atomic E-state index is 12.6. The van der Waals surface area contributed by atoms with Gasteiger partial charge in [-0.1, -0.05) is 19.0 Å². The Morgan fingerprint density at radius 2 is 1.90 bits per heavy atom. The quantitative estimate of drug-likeness (QED) is 0.247. The van der Waals surface area contributed by atoms with Gasteiger partial charge in [0.15, 0.2) is 11.7 Å². The molecule has 31 heavy (non-hydrogen) atoms. The van der Waals surface area contributed by atoms with Crippen molar-refractivity contribution in [2.45, 2.75) is 45.5 Å². The lowest BCUT2D eigenvalue weighted by atomic mass is 10.1. The van der Waals surface area contributed by atoms with Crippen LogP contribution in [0.5, 0.6) is 5.75 Å². The number of halogens is 4. The molecule has 1 aromatic carbocycles. The molecule has 1 atom stereocenters. The Hall–Kier alpha value is -2.02. The average molecular weight is 556 g/mol. The van der Waals surface area contributed by atoms with Crippen molar-refractivity contribution in [3.05, 3.63) is 47.3 Å². The third-order valence-electron chi connectivity index (χ3n) is 4.04. The van der Waals surface area contributed by atoms with Crippen molar-refractivity contribution in [3.8, 4) is 5.75 Å². The molecule has 1 unspecified atom stereocenters. The Bertz CT molecular complexity index is 811. The van der Waals surface area contributed by atoms with Crippen LogP contribution in [-0.2, 0) is 12.7 Å². The van der Waals surface area contributed by atoms with Crippen LogP contribution in [0.15, 0.2) is 39.8 Å². The van der Waals surface area contributed by atoms with Gasteiger partial charge >= 0.3 is 6.18 Å². The third-order valence-corrected chi connectivity index (χ3v) is 4.04. The highest BCUT2D eigenvalue weighted by Gasteiger charge is 2.30. The van der Waals surface area contributed by atoms with Gasteiger partial charge in [0.1, 0.15) is 25.0 Å². The number of ether oxygens (including phenoxy) is 1. The number of rotatable bonds is 9. The van der Waals surface area contributed by atoms with E-state index in [9.17, 15) is 18.3 Å². The molecule has 0 radical (unpaired) electrons. The zero-order valence-electron chi connectivity index (χ0n) is 17.6. The van der Waals surface area contributed by atoms with Crippen molar-refractivity contribution in [1.82, 2.24) is 15.8 Å². The number of alkyl halides is 3. The molecule has 2 aromatic rings. The Kier molecular flexibility index (Phi) is 11.1. The summed E-state index contributed by atoms with van der Waals surface area (Å²) in [6.07, 6.45) is -5.29. The topological polar surface area (TPSA) is 91.9 Å². The van der Waals surface area contributed by atoms with E-state index in [0.29, 0.717) is 18.3 Å². The number of nitrogens with one attached hydrogen (secondary N) is 2. The lowest BCUT2D eigenvalue weighted by molar-refractivity contribution is -0.137. The van der Waals surface area contributed by atoms with E-state index in [-0.39, 0.29) is 55.3 Å². The second kappa shape index (κ2) is 12.7. The molecule has 0 bridgehead atoms. The summed E-state index contributed by atoms with van der Waals surface area (Å²) >= 11 is 0. The normalized spacial score (nSPS) is 13.0. The minimum atomic E-state index is -4.40. The summed E-state index contributed by atoms with van der Waals surface area (Å²) in [6, 6.07) is 6.16. The van der Waals surface area contributed by atoms with E-state index in [1.54, 1.807) is 0 Å². The molecule has 0 aliphatic heterocycles. The van der Waals surface area contributed by atoms with Crippen molar-refractivity contribution < 1.29 is 27.5 Å². The summed E-state index contributed by atoms with van der Waals surface area (Å²) in [7, 11) is 0. The number of aliphatic hydroxyl groups excluding tert-OH is 1. The Morgan fingerprint density at radius 3 is 2.45 bits per heavy atom. The number of aliphatic hydroxyl groups is 1. The van der Waals surface area contributed by atoms with Gasteiger partial charge in [-0.2, -0.15) is 13.2 Å². The highest BCUT2D eigenvalue weighted by molar-refractivity contribution is 14.0. The first-order chi connectivity index (χ1) is 14.2. The van der Waals surface area contributed by atoms with Crippen LogP contribution in [0, 0.1) is 0 Å². The largest absolute Gasteiger partial charge is 0.491 e. The monoisotopic (exact) mass is 556 g/mol. The van der Waals surface area contributed by atoms with Gasteiger partial charge in [0.25, 0.3) is 0 Å². The lowest BCUT2D eigenvalue weighted by Crippen LogP contribution is -2.42. The zero-order valence-corrected chi connectivity index (χ0v) is 19.9. The molecule has 2 rings (SSSR count). The van der Waals surface area contributed by atoms with Crippen LogP contribution in [0.25, 0.3) is 0 Å². The minimum Gasteiger partial charge on any atom is -0.491 e. The summed E-state index contributed by atoms with van der Waals surface area (Å²) in [5.74, 6) is 1.61. The second-order valence-electron chi connectivity index (χ2n) is 6.94. The van der Waals surface area contributed by atoms with E-state index in [0.717, 1.165) is 17.8 Å². The number of aromatic nitrogens is 1. The molecule has 11 heteroatoms. The van der Waals surface area contributed by atoms with Crippen molar-refractivity contribution in [2.24, 2.45) is 4.99 Å². The van der Waals surface area contributed by atoms with Crippen LogP contribution in [0.4, 0.5) is 13.2 Å². The maximum Gasteiger partial charge on any atom is 0.416 e. The molecule has 1 aromatic heterocycles. The van der Waals surface area contributed by atoms with Crippen LogP contribution >= 0.6 is 24.0 Å². The summed E-state index contributed by atoms with van der Waals surface area (Å²) in [5, 5.41) is 20.1. The molecule has 0 aliphatic rings. The smallest absolute Gasteiger partial charge is 0.416 e. The number of benzene rings is 1. The van der Waals surface area contributed by atoms with Crippen LogP contribution in [-0.4, -0.2) is 42.0 Å². The van der Waals surface area contributed by atoms with Gasteiger partial charge in [0, 0.05) is 19.2 Å². The van der Waals surface area contributed by atoms with Crippen LogP contribution in [0.2, 0.25) is 0 Å².